The summed E-state index contributed by atoms with van der Waals surface area (Å²) in [6.07, 6.45) is 4.03. The lowest BCUT2D eigenvalue weighted by Gasteiger charge is -2.02. The first kappa shape index (κ1) is 15.1. The van der Waals surface area contributed by atoms with Gasteiger partial charge in [0, 0.05) is 12.1 Å². The minimum atomic E-state index is 0.437. The topological polar surface area (TPSA) is 70.1 Å². The van der Waals surface area contributed by atoms with E-state index in [4.69, 9.17) is 10.5 Å². The molecule has 0 saturated carbocycles. The van der Waals surface area contributed by atoms with Crippen LogP contribution in [0.25, 0.3) is 11.3 Å². The van der Waals surface area contributed by atoms with E-state index >= 15 is 0 Å². The number of rotatable bonds is 7. The number of methoxy groups -OCH3 is 1. The Balaban J connectivity index is 2.33. The molecule has 112 valence electrons. The van der Waals surface area contributed by atoms with Gasteiger partial charge in [-0.25, -0.2) is 4.68 Å². The van der Waals surface area contributed by atoms with Crippen molar-refractivity contribution < 1.29 is 9.53 Å². The van der Waals surface area contributed by atoms with E-state index in [9.17, 15) is 4.79 Å². The number of unbranched alkanes of at least 4 members (excludes halogenated alkanes) is 2. The summed E-state index contributed by atoms with van der Waals surface area (Å²) in [4.78, 5) is 11.3. The lowest BCUT2D eigenvalue weighted by Crippen LogP contribution is -2.05. The Morgan fingerprint density at radius 3 is 2.57 bits per heavy atom. The fourth-order valence-electron chi connectivity index (χ4n) is 2.25. The summed E-state index contributed by atoms with van der Waals surface area (Å²) in [5, 5.41) is 4.50. The quantitative estimate of drug-likeness (QED) is 0.627. The largest absolute Gasteiger partial charge is 0.497 e. The zero-order valence-corrected chi connectivity index (χ0v) is 12.5. The van der Waals surface area contributed by atoms with E-state index in [2.05, 4.69) is 12.0 Å². The number of hydrogen-bond donors (Lipinski definition) is 1. The molecule has 0 bridgehead atoms. The molecular weight excluding hydrogens is 266 g/mol. The maximum absolute atomic E-state index is 11.3. The van der Waals surface area contributed by atoms with E-state index in [0.717, 1.165) is 43.4 Å². The molecule has 0 atom stereocenters. The van der Waals surface area contributed by atoms with E-state index < -0.39 is 0 Å². The molecule has 2 rings (SSSR count). The minimum absolute atomic E-state index is 0.437. The number of hydrogen-bond acceptors (Lipinski definition) is 4. The Bertz CT molecular complexity index is 603. The van der Waals surface area contributed by atoms with E-state index in [-0.39, 0.29) is 0 Å². The van der Waals surface area contributed by atoms with Crippen molar-refractivity contribution in [3.8, 4) is 17.0 Å². The first-order chi connectivity index (χ1) is 10.2. The third-order valence-electron chi connectivity index (χ3n) is 3.48. The van der Waals surface area contributed by atoms with Gasteiger partial charge in [-0.1, -0.05) is 19.8 Å². The van der Waals surface area contributed by atoms with E-state index in [0.29, 0.717) is 17.1 Å². The van der Waals surface area contributed by atoms with Gasteiger partial charge in [-0.15, -0.1) is 0 Å². The zero-order valence-electron chi connectivity index (χ0n) is 12.5. The molecule has 0 unspecified atom stereocenters. The Hall–Kier alpha value is -2.30. The number of nitrogens with two attached hydrogens (primary N) is 1. The average molecular weight is 287 g/mol. The molecule has 1 aromatic carbocycles. The Kier molecular flexibility index (Phi) is 4.98. The second-order valence-corrected chi connectivity index (χ2v) is 4.92. The highest BCUT2D eigenvalue weighted by atomic mass is 16.5. The fourth-order valence-corrected chi connectivity index (χ4v) is 2.25. The van der Waals surface area contributed by atoms with Crippen molar-refractivity contribution >= 4 is 12.1 Å². The van der Waals surface area contributed by atoms with Gasteiger partial charge in [0.15, 0.2) is 6.29 Å². The van der Waals surface area contributed by atoms with Gasteiger partial charge in [-0.2, -0.15) is 5.10 Å². The lowest BCUT2D eigenvalue weighted by molar-refractivity contribution is 0.112. The van der Waals surface area contributed by atoms with E-state index in [1.807, 2.05) is 24.3 Å². The van der Waals surface area contributed by atoms with Gasteiger partial charge in [0.1, 0.15) is 17.3 Å². The molecule has 5 nitrogen and oxygen atoms in total. The summed E-state index contributed by atoms with van der Waals surface area (Å²) in [7, 11) is 1.62. The van der Waals surface area contributed by atoms with Crippen molar-refractivity contribution in [2.24, 2.45) is 0 Å². The van der Waals surface area contributed by atoms with Crippen molar-refractivity contribution in [1.82, 2.24) is 9.78 Å². The number of aldehydes is 1. The highest BCUT2D eigenvalue weighted by Gasteiger charge is 2.16. The molecule has 1 aromatic heterocycles. The summed E-state index contributed by atoms with van der Waals surface area (Å²) in [5.74, 6) is 1.20. The number of aryl methyl sites for hydroxylation is 1. The SMILES string of the molecule is CCCCCn1nc(-c2ccc(OC)cc2)c(C=O)c1N. The molecule has 0 aliphatic carbocycles. The molecule has 21 heavy (non-hydrogen) atoms. The second kappa shape index (κ2) is 6.92. The van der Waals surface area contributed by atoms with Crippen molar-refractivity contribution in [2.45, 2.75) is 32.7 Å². The van der Waals surface area contributed by atoms with Gasteiger partial charge in [0.05, 0.1) is 12.7 Å². The standard InChI is InChI=1S/C16H21N3O2/c1-3-4-5-10-19-16(17)14(11-20)15(18-19)12-6-8-13(21-2)9-7-12/h6-9,11H,3-5,10,17H2,1-2H3. The third-order valence-corrected chi connectivity index (χ3v) is 3.48. The Labute approximate surface area is 124 Å². The molecule has 0 aliphatic rings. The van der Waals surface area contributed by atoms with Crippen molar-refractivity contribution in [1.29, 1.82) is 0 Å². The summed E-state index contributed by atoms with van der Waals surface area (Å²) >= 11 is 0. The molecule has 1 heterocycles. The van der Waals surface area contributed by atoms with Crippen LogP contribution >= 0.6 is 0 Å². The van der Waals surface area contributed by atoms with Gasteiger partial charge in [0.25, 0.3) is 0 Å². The van der Waals surface area contributed by atoms with E-state index in [1.165, 1.54) is 0 Å². The summed E-state index contributed by atoms with van der Waals surface area (Å²) < 4.78 is 6.86. The number of nitrogens with zero attached hydrogens (tertiary/aromatic N) is 2. The Morgan fingerprint density at radius 1 is 1.29 bits per heavy atom. The zero-order chi connectivity index (χ0) is 15.2. The van der Waals surface area contributed by atoms with Crippen LogP contribution in [0.1, 0.15) is 36.5 Å². The maximum Gasteiger partial charge on any atom is 0.156 e. The van der Waals surface area contributed by atoms with Crippen LogP contribution in [0.3, 0.4) is 0 Å². The molecule has 0 amide bonds. The molecule has 5 heteroatoms. The first-order valence-corrected chi connectivity index (χ1v) is 7.17. The highest BCUT2D eigenvalue weighted by Crippen LogP contribution is 2.27. The average Bonchev–Trinajstić information content (AvgIpc) is 2.84. The third kappa shape index (κ3) is 3.24. The van der Waals surface area contributed by atoms with Gasteiger partial charge in [-0.05, 0) is 30.7 Å². The number of nitrogen functional groups attached to an aromatic ring is 1. The highest BCUT2D eigenvalue weighted by molar-refractivity contribution is 5.91. The number of aromatic nitrogens is 2. The number of benzene rings is 1. The number of carbonyl (C=O) groups excluding carboxylic acids is 1. The molecule has 0 fully saturated rings. The maximum atomic E-state index is 11.3. The first-order valence-electron chi connectivity index (χ1n) is 7.17. The molecule has 0 saturated heterocycles. The molecule has 0 aliphatic heterocycles. The van der Waals surface area contributed by atoms with E-state index in [1.54, 1.807) is 11.8 Å². The van der Waals surface area contributed by atoms with Crippen LogP contribution < -0.4 is 10.5 Å². The predicted molar refractivity (Wildman–Crippen MR) is 83.5 cm³/mol. The summed E-state index contributed by atoms with van der Waals surface area (Å²) in [5.41, 5.74) is 7.98. The number of ether oxygens (including phenoxy) is 1. The van der Waals surface area contributed by atoms with Crippen LogP contribution in [0.4, 0.5) is 5.82 Å². The molecule has 2 N–H and O–H groups in total. The normalized spacial score (nSPS) is 10.6. The molecule has 2 aromatic rings. The smallest absolute Gasteiger partial charge is 0.156 e. The van der Waals surface area contributed by atoms with Crippen molar-refractivity contribution in [2.75, 3.05) is 12.8 Å². The molecule has 0 radical (unpaired) electrons. The van der Waals surface area contributed by atoms with Gasteiger partial charge < -0.3 is 10.5 Å². The van der Waals surface area contributed by atoms with Crippen LogP contribution in [-0.2, 0) is 6.54 Å². The van der Waals surface area contributed by atoms with Crippen LogP contribution in [0.5, 0.6) is 5.75 Å². The predicted octanol–water partition coefficient (Wildman–Crippen LogP) is 3.14. The van der Waals surface area contributed by atoms with Gasteiger partial charge in [0.2, 0.25) is 0 Å². The van der Waals surface area contributed by atoms with Crippen LogP contribution in [0.15, 0.2) is 24.3 Å². The second-order valence-electron chi connectivity index (χ2n) is 4.92. The molecule has 0 spiro atoms. The number of carbonyl (C=O) groups is 1. The monoisotopic (exact) mass is 287 g/mol. The van der Waals surface area contributed by atoms with Gasteiger partial charge >= 0.3 is 0 Å². The summed E-state index contributed by atoms with van der Waals surface area (Å²) in [6, 6.07) is 7.44. The van der Waals surface area contributed by atoms with Crippen molar-refractivity contribution in [3.05, 3.63) is 29.8 Å². The van der Waals surface area contributed by atoms with Crippen LogP contribution in [0.2, 0.25) is 0 Å². The van der Waals surface area contributed by atoms with Crippen LogP contribution in [0, 0.1) is 0 Å². The molecular formula is C16H21N3O2. The van der Waals surface area contributed by atoms with Gasteiger partial charge in [-0.3, -0.25) is 4.79 Å². The number of anilines is 1. The minimum Gasteiger partial charge on any atom is -0.497 e. The summed E-state index contributed by atoms with van der Waals surface area (Å²) in [6.45, 7) is 2.88. The lowest BCUT2D eigenvalue weighted by atomic mass is 10.1. The Morgan fingerprint density at radius 2 is 2.00 bits per heavy atom. The fraction of sp³-hybridized carbons (Fsp3) is 0.375. The van der Waals surface area contributed by atoms with Crippen LogP contribution in [-0.4, -0.2) is 23.2 Å². The van der Waals surface area contributed by atoms with Crippen molar-refractivity contribution in [3.63, 3.8) is 0 Å².